The van der Waals surface area contributed by atoms with Crippen LogP contribution >= 0.6 is 0 Å². The highest BCUT2D eigenvalue weighted by atomic mass is 19.1. The van der Waals surface area contributed by atoms with Crippen molar-refractivity contribution in [3.63, 3.8) is 0 Å². The highest BCUT2D eigenvalue weighted by Crippen LogP contribution is 2.27. The Morgan fingerprint density at radius 1 is 1.24 bits per heavy atom. The summed E-state index contributed by atoms with van der Waals surface area (Å²) >= 11 is 0. The quantitative estimate of drug-likeness (QED) is 0.807. The Hall–Kier alpha value is -2.93. The molecule has 2 aromatic carbocycles. The minimum atomic E-state index is -0.313. The van der Waals surface area contributed by atoms with Crippen LogP contribution in [0.15, 0.2) is 55.1 Å². The SMILES string of the molecule is C=CC(=O)N(C)c1cc(-c2ccc(F)cc2)ccc1C#N. The molecule has 21 heavy (non-hydrogen) atoms. The maximum atomic E-state index is 13.0. The molecule has 0 aliphatic carbocycles. The lowest BCUT2D eigenvalue weighted by Crippen LogP contribution is -2.24. The molecule has 4 heteroatoms. The Labute approximate surface area is 122 Å². The van der Waals surface area contributed by atoms with Crippen molar-refractivity contribution in [3.05, 3.63) is 66.5 Å². The first kappa shape index (κ1) is 14.5. The number of benzene rings is 2. The zero-order valence-corrected chi connectivity index (χ0v) is 11.5. The summed E-state index contributed by atoms with van der Waals surface area (Å²) in [5.74, 6) is -0.616. The second-order valence-electron chi connectivity index (χ2n) is 4.45. The first-order valence-electron chi connectivity index (χ1n) is 6.27. The normalized spacial score (nSPS) is 9.76. The molecule has 0 spiro atoms. The van der Waals surface area contributed by atoms with Gasteiger partial charge >= 0.3 is 0 Å². The third kappa shape index (κ3) is 2.98. The fourth-order valence-electron chi connectivity index (χ4n) is 1.98. The Bertz CT molecular complexity index is 729. The topological polar surface area (TPSA) is 44.1 Å². The molecule has 0 atom stereocenters. The van der Waals surface area contributed by atoms with Gasteiger partial charge in [-0.3, -0.25) is 4.79 Å². The lowest BCUT2D eigenvalue weighted by molar-refractivity contribution is -0.113. The van der Waals surface area contributed by atoms with Crippen LogP contribution in [0.2, 0.25) is 0 Å². The van der Waals surface area contributed by atoms with Gasteiger partial charge in [-0.2, -0.15) is 5.26 Å². The smallest absolute Gasteiger partial charge is 0.250 e. The standard InChI is InChI=1S/C17H13FN2O/c1-3-17(21)20(2)16-10-13(4-5-14(16)11-19)12-6-8-15(18)9-7-12/h3-10H,1H2,2H3. The van der Waals surface area contributed by atoms with E-state index >= 15 is 0 Å². The number of hydrogen-bond donors (Lipinski definition) is 0. The fourth-order valence-corrected chi connectivity index (χ4v) is 1.98. The van der Waals surface area contributed by atoms with Crippen LogP contribution in [0.4, 0.5) is 10.1 Å². The van der Waals surface area contributed by atoms with Crippen LogP contribution in [0.5, 0.6) is 0 Å². The van der Waals surface area contributed by atoms with Gasteiger partial charge in [-0.1, -0.05) is 24.8 Å². The van der Waals surface area contributed by atoms with Crippen LogP contribution in [0, 0.1) is 17.1 Å². The molecule has 3 nitrogen and oxygen atoms in total. The maximum absolute atomic E-state index is 13.0. The molecule has 2 rings (SSSR count). The molecular formula is C17H13FN2O. The Balaban J connectivity index is 2.52. The van der Waals surface area contributed by atoms with E-state index < -0.39 is 0 Å². The molecule has 1 amide bonds. The van der Waals surface area contributed by atoms with Crippen molar-refractivity contribution >= 4 is 11.6 Å². The van der Waals surface area contributed by atoms with E-state index in [1.54, 1.807) is 37.4 Å². The van der Waals surface area contributed by atoms with E-state index in [1.165, 1.54) is 23.1 Å². The molecule has 0 fully saturated rings. The zero-order chi connectivity index (χ0) is 15.4. The summed E-state index contributed by atoms with van der Waals surface area (Å²) in [6.07, 6.45) is 1.19. The summed E-state index contributed by atoms with van der Waals surface area (Å²) in [7, 11) is 1.58. The van der Waals surface area contributed by atoms with Gasteiger partial charge in [0.15, 0.2) is 0 Å². The van der Waals surface area contributed by atoms with Gasteiger partial charge in [-0.05, 0) is 41.5 Å². The molecule has 0 aromatic heterocycles. The van der Waals surface area contributed by atoms with Gasteiger partial charge < -0.3 is 4.90 Å². The summed E-state index contributed by atoms with van der Waals surface area (Å²) in [6.45, 7) is 3.44. The minimum Gasteiger partial charge on any atom is -0.311 e. The van der Waals surface area contributed by atoms with Crippen molar-refractivity contribution in [1.29, 1.82) is 5.26 Å². The van der Waals surface area contributed by atoms with Crippen molar-refractivity contribution in [2.45, 2.75) is 0 Å². The fraction of sp³-hybridized carbons (Fsp3) is 0.0588. The van der Waals surface area contributed by atoms with Crippen molar-refractivity contribution in [3.8, 4) is 17.2 Å². The van der Waals surface area contributed by atoms with Crippen LogP contribution in [0.3, 0.4) is 0 Å². The molecule has 104 valence electrons. The van der Waals surface area contributed by atoms with Crippen molar-refractivity contribution in [2.75, 3.05) is 11.9 Å². The van der Waals surface area contributed by atoms with E-state index in [2.05, 4.69) is 12.6 Å². The molecule has 0 aliphatic rings. The Kier molecular flexibility index (Phi) is 4.15. The first-order chi connectivity index (χ1) is 10.1. The molecular weight excluding hydrogens is 267 g/mol. The Morgan fingerprint density at radius 2 is 1.86 bits per heavy atom. The molecule has 0 heterocycles. The van der Waals surface area contributed by atoms with E-state index in [9.17, 15) is 9.18 Å². The third-order valence-electron chi connectivity index (χ3n) is 3.16. The van der Waals surface area contributed by atoms with Crippen molar-refractivity contribution < 1.29 is 9.18 Å². The minimum absolute atomic E-state index is 0.303. The molecule has 0 bridgehead atoms. The van der Waals surface area contributed by atoms with Crippen LogP contribution in [0.25, 0.3) is 11.1 Å². The molecule has 0 saturated heterocycles. The second-order valence-corrected chi connectivity index (χ2v) is 4.45. The number of amides is 1. The highest BCUT2D eigenvalue weighted by Gasteiger charge is 2.13. The van der Waals surface area contributed by atoms with E-state index in [-0.39, 0.29) is 11.7 Å². The van der Waals surface area contributed by atoms with Gasteiger partial charge in [0.2, 0.25) is 5.91 Å². The van der Waals surface area contributed by atoms with Crippen LogP contribution < -0.4 is 4.90 Å². The monoisotopic (exact) mass is 280 g/mol. The Morgan fingerprint density at radius 3 is 2.43 bits per heavy atom. The molecule has 0 N–H and O–H groups in total. The highest BCUT2D eigenvalue weighted by molar-refractivity contribution is 6.02. The second kappa shape index (κ2) is 6.02. The summed E-state index contributed by atoms with van der Waals surface area (Å²) < 4.78 is 13.0. The number of likely N-dealkylation sites (N-methyl/N-ethyl adjacent to an activating group) is 1. The van der Waals surface area contributed by atoms with Gasteiger partial charge in [0, 0.05) is 7.05 Å². The van der Waals surface area contributed by atoms with E-state index in [4.69, 9.17) is 5.26 Å². The van der Waals surface area contributed by atoms with Crippen LogP contribution in [-0.2, 0) is 4.79 Å². The first-order valence-corrected chi connectivity index (χ1v) is 6.27. The number of nitrogens with zero attached hydrogens (tertiary/aromatic N) is 2. The van der Waals surface area contributed by atoms with Crippen molar-refractivity contribution in [2.24, 2.45) is 0 Å². The van der Waals surface area contributed by atoms with E-state index in [0.717, 1.165) is 11.1 Å². The van der Waals surface area contributed by atoms with E-state index in [1.807, 2.05) is 0 Å². The average molecular weight is 280 g/mol. The number of halogens is 1. The van der Waals surface area contributed by atoms with Gasteiger partial charge in [-0.25, -0.2) is 4.39 Å². The number of nitriles is 1. The summed E-state index contributed by atoms with van der Waals surface area (Å²) in [5.41, 5.74) is 2.48. The molecule has 2 aromatic rings. The number of anilines is 1. The van der Waals surface area contributed by atoms with Crippen LogP contribution in [0.1, 0.15) is 5.56 Å². The van der Waals surface area contributed by atoms with Crippen molar-refractivity contribution in [1.82, 2.24) is 0 Å². The average Bonchev–Trinajstić information content (AvgIpc) is 2.53. The zero-order valence-electron chi connectivity index (χ0n) is 11.5. The van der Waals surface area contributed by atoms with Gasteiger partial charge in [0.05, 0.1) is 11.3 Å². The maximum Gasteiger partial charge on any atom is 0.250 e. The number of rotatable bonds is 3. The van der Waals surface area contributed by atoms with Gasteiger partial charge in [0.1, 0.15) is 11.9 Å². The predicted octanol–water partition coefficient (Wildman–Crippen LogP) is 3.51. The molecule has 0 saturated carbocycles. The van der Waals surface area contributed by atoms with Gasteiger partial charge in [-0.15, -0.1) is 0 Å². The van der Waals surface area contributed by atoms with E-state index in [0.29, 0.717) is 11.3 Å². The molecule has 0 unspecified atom stereocenters. The lowest BCUT2D eigenvalue weighted by Gasteiger charge is -2.18. The van der Waals surface area contributed by atoms with Crippen LogP contribution in [-0.4, -0.2) is 13.0 Å². The summed E-state index contributed by atoms with van der Waals surface area (Å²) in [6, 6.07) is 13.2. The molecule has 0 radical (unpaired) electrons. The largest absolute Gasteiger partial charge is 0.311 e. The summed E-state index contributed by atoms with van der Waals surface area (Å²) in [4.78, 5) is 13.1. The molecule has 0 aliphatic heterocycles. The lowest BCUT2D eigenvalue weighted by atomic mass is 10.0. The number of carbonyl (C=O) groups is 1. The number of hydrogen-bond acceptors (Lipinski definition) is 2. The third-order valence-corrected chi connectivity index (χ3v) is 3.16. The predicted molar refractivity (Wildman–Crippen MR) is 80.2 cm³/mol. The summed E-state index contributed by atoms with van der Waals surface area (Å²) in [5, 5.41) is 9.16. The van der Waals surface area contributed by atoms with Gasteiger partial charge in [0.25, 0.3) is 0 Å². The number of carbonyl (C=O) groups excluding carboxylic acids is 1.